The van der Waals surface area contributed by atoms with E-state index in [-0.39, 0.29) is 0 Å². The van der Waals surface area contributed by atoms with Crippen LogP contribution in [0, 0.1) is 0 Å². The van der Waals surface area contributed by atoms with Gasteiger partial charge in [0.1, 0.15) is 0 Å². The zero-order valence-corrected chi connectivity index (χ0v) is 9.32. The van der Waals surface area contributed by atoms with Gasteiger partial charge in [0.05, 0.1) is 23.8 Å². The van der Waals surface area contributed by atoms with Gasteiger partial charge in [-0.25, -0.2) is 4.68 Å². The van der Waals surface area contributed by atoms with Crippen LogP contribution >= 0.6 is 15.9 Å². The first-order valence-corrected chi connectivity index (χ1v) is 5.07. The molecule has 0 atom stereocenters. The highest BCUT2D eigenvalue weighted by molar-refractivity contribution is 9.10. The smallest absolute Gasteiger partial charge is 0.0728 e. The first-order chi connectivity index (χ1) is 6.79. The van der Waals surface area contributed by atoms with E-state index in [4.69, 9.17) is 0 Å². The molecule has 2 rings (SSSR count). The fraction of sp³-hybridized carbons (Fsp3) is 0.100. The van der Waals surface area contributed by atoms with Gasteiger partial charge in [0, 0.05) is 11.5 Å². The third kappa shape index (κ3) is 1.80. The number of nitrogens with one attached hydrogen (secondary N) is 1. The SMILES string of the molecule is CNc1cnn(-c2ccc(Br)cc2)c1. The van der Waals surface area contributed by atoms with E-state index in [2.05, 4.69) is 26.3 Å². The van der Waals surface area contributed by atoms with Crippen molar-refractivity contribution < 1.29 is 0 Å². The molecule has 0 saturated carbocycles. The molecule has 1 heterocycles. The van der Waals surface area contributed by atoms with Gasteiger partial charge in [-0.2, -0.15) is 5.10 Å². The number of aromatic nitrogens is 2. The standard InChI is InChI=1S/C10H10BrN3/c1-12-9-6-13-14(7-9)10-4-2-8(11)3-5-10/h2-7,12H,1H3. The lowest BCUT2D eigenvalue weighted by Crippen LogP contribution is -1.93. The van der Waals surface area contributed by atoms with Crippen LogP contribution in [-0.4, -0.2) is 16.8 Å². The molecule has 72 valence electrons. The Labute approximate surface area is 90.9 Å². The third-order valence-corrected chi connectivity index (χ3v) is 2.49. The van der Waals surface area contributed by atoms with Crippen LogP contribution in [0.1, 0.15) is 0 Å². The molecule has 0 fully saturated rings. The largest absolute Gasteiger partial charge is 0.386 e. The number of benzene rings is 1. The molecule has 1 aromatic heterocycles. The minimum Gasteiger partial charge on any atom is -0.386 e. The number of anilines is 1. The second-order valence-electron chi connectivity index (χ2n) is 2.90. The van der Waals surface area contributed by atoms with Crippen molar-refractivity contribution in [2.24, 2.45) is 0 Å². The number of nitrogens with zero attached hydrogens (tertiary/aromatic N) is 2. The Morgan fingerprint density at radius 2 is 2.00 bits per heavy atom. The van der Waals surface area contributed by atoms with E-state index in [1.165, 1.54) is 0 Å². The maximum atomic E-state index is 4.23. The topological polar surface area (TPSA) is 29.9 Å². The van der Waals surface area contributed by atoms with Crippen LogP contribution in [0.5, 0.6) is 0 Å². The number of rotatable bonds is 2. The summed E-state index contributed by atoms with van der Waals surface area (Å²) in [6.07, 6.45) is 3.74. The number of halogens is 1. The second-order valence-corrected chi connectivity index (χ2v) is 3.82. The first-order valence-electron chi connectivity index (χ1n) is 4.28. The van der Waals surface area contributed by atoms with E-state index >= 15 is 0 Å². The van der Waals surface area contributed by atoms with Gasteiger partial charge in [-0.15, -0.1) is 0 Å². The summed E-state index contributed by atoms with van der Waals surface area (Å²) >= 11 is 3.39. The molecule has 0 aliphatic carbocycles. The minimum atomic E-state index is 1.01. The highest BCUT2D eigenvalue weighted by Gasteiger charge is 1.98. The molecule has 0 aliphatic rings. The summed E-state index contributed by atoms with van der Waals surface area (Å²) in [5, 5.41) is 7.26. The van der Waals surface area contributed by atoms with Crippen LogP contribution in [0.3, 0.4) is 0 Å². The summed E-state index contributed by atoms with van der Waals surface area (Å²) in [6.45, 7) is 0. The van der Waals surface area contributed by atoms with Crippen LogP contribution in [0.4, 0.5) is 5.69 Å². The van der Waals surface area contributed by atoms with Gasteiger partial charge in [-0.05, 0) is 24.3 Å². The van der Waals surface area contributed by atoms with Crippen molar-refractivity contribution >= 4 is 21.6 Å². The molecular formula is C10H10BrN3. The molecule has 2 aromatic rings. The monoisotopic (exact) mass is 251 g/mol. The summed E-state index contributed by atoms with van der Waals surface area (Å²) < 4.78 is 2.90. The average Bonchev–Trinajstić information content (AvgIpc) is 2.67. The molecule has 1 N–H and O–H groups in total. The van der Waals surface area contributed by atoms with Crippen molar-refractivity contribution in [3.05, 3.63) is 41.1 Å². The van der Waals surface area contributed by atoms with Gasteiger partial charge in [0.2, 0.25) is 0 Å². The molecule has 3 nitrogen and oxygen atoms in total. The maximum absolute atomic E-state index is 4.23. The Balaban J connectivity index is 2.34. The Kier molecular flexibility index (Phi) is 2.54. The Hall–Kier alpha value is -1.29. The van der Waals surface area contributed by atoms with E-state index in [0.717, 1.165) is 15.8 Å². The molecular weight excluding hydrogens is 242 g/mol. The lowest BCUT2D eigenvalue weighted by Gasteiger charge is -2.00. The van der Waals surface area contributed by atoms with Gasteiger partial charge >= 0.3 is 0 Å². The summed E-state index contributed by atoms with van der Waals surface area (Å²) in [5.41, 5.74) is 2.06. The quantitative estimate of drug-likeness (QED) is 0.890. The number of hydrogen-bond acceptors (Lipinski definition) is 2. The lowest BCUT2D eigenvalue weighted by atomic mass is 10.3. The summed E-state index contributed by atoms with van der Waals surface area (Å²) in [5.74, 6) is 0. The van der Waals surface area contributed by atoms with Gasteiger partial charge < -0.3 is 5.32 Å². The van der Waals surface area contributed by atoms with Crippen molar-refractivity contribution in [2.75, 3.05) is 12.4 Å². The van der Waals surface area contributed by atoms with E-state index < -0.39 is 0 Å². The molecule has 14 heavy (non-hydrogen) atoms. The Morgan fingerprint density at radius 1 is 1.29 bits per heavy atom. The normalized spacial score (nSPS) is 10.1. The van der Waals surface area contributed by atoms with Crippen molar-refractivity contribution in [1.82, 2.24) is 9.78 Å². The first kappa shape index (κ1) is 9.27. The van der Waals surface area contributed by atoms with Gasteiger partial charge in [0.25, 0.3) is 0 Å². The Morgan fingerprint density at radius 3 is 2.57 bits per heavy atom. The fourth-order valence-electron chi connectivity index (χ4n) is 1.19. The predicted octanol–water partition coefficient (Wildman–Crippen LogP) is 2.68. The zero-order valence-electron chi connectivity index (χ0n) is 7.74. The molecule has 4 heteroatoms. The summed E-state index contributed by atoms with van der Waals surface area (Å²) in [4.78, 5) is 0. The van der Waals surface area contributed by atoms with E-state index in [0.29, 0.717) is 0 Å². The minimum absolute atomic E-state index is 1.01. The second kappa shape index (κ2) is 3.84. The maximum Gasteiger partial charge on any atom is 0.0728 e. The highest BCUT2D eigenvalue weighted by atomic mass is 79.9. The zero-order chi connectivity index (χ0) is 9.97. The fourth-order valence-corrected chi connectivity index (χ4v) is 1.45. The predicted molar refractivity (Wildman–Crippen MR) is 60.8 cm³/mol. The number of hydrogen-bond donors (Lipinski definition) is 1. The molecule has 0 bridgehead atoms. The van der Waals surface area contributed by atoms with Crippen molar-refractivity contribution in [3.8, 4) is 5.69 Å². The molecule has 0 aliphatic heterocycles. The van der Waals surface area contributed by atoms with Crippen LogP contribution in [0.25, 0.3) is 5.69 Å². The van der Waals surface area contributed by atoms with Crippen LogP contribution < -0.4 is 5.32 Å². The molecule has 0 spiro atoms. The van der Waals surface area contributed by atoms with Gasteiger partial charge in [-0.3, -0.25) is 0 Å². The average molecular weight is 252 g/mol. The van der Waals surface area contributed by atoms with Crippen molar-refractivity contribution in [3.63, 3.8) is 0 Å². The van der Waals surface area contributed by atoms with Gasteiger partial charge in [-0.1, -0.05) is 15.9 Å². The summed E-state index contributed by atoms with van der Waals surface area (Å²) in [7, 11) is 1.88. The van der Waals surface area contributed by atoms with E-state index in [1.807, 2.05) is 42.2 Å². The van der Waals surface area contributed by atoms with Crippen LogP contribution in [0.15, 0.2) is 41.1 Å². The van der Waals surface area contributed by atoms with Gasteiger partial charge in [0.15, 0.2) is 0 Å². The van der Waals surface area contributed by atoms with E-state index in [9.17, 15) is 0 Å². The summed E-state index contributed by atoms with van der Waals surface area (Å²) in [6, 6.07) is 8.01. The third-order valence-electron chi connectivity index (χ3n) is 1.96. The lowest BCUT2D eigenvalue weighted by molar-refractivity contribution is 0.880. The molecule has 0 unspecified atom stereocenters. The Bertz CT molecular complexity index is 419. The molecule has 0 amide bonds. The molecule has 1 aromatic carbocycles. The highest BCUT2D eigenvalue weighted by Crippen LogP contribution is 2.14. The van der Waals surface area contributed by atoms with Crippen molar-refractivity contribution in [2.45, 2.75) is 0 Å². The van der Waals surface area contributed by atoms with Crippen molar-refractivity contribution in [1.29, 1.82) is 0 Å². The van der Waals surface area contributed by atoms with Crippen LogP contribution in [-0.2, 0) is 0 Å². The molecule has 0 saturated heterocycles. The van der Waals surface area contributed by atoms with E-state index in [1.54, 1.807) is 6.20 Å². The van der Waals surface area contributed by atoms with Crippen LogP contribution in [0.2, 0.25) is 0 Å². The molecule has 0 radical (unpaired) electrons.